The van der Waals surface area contributed by atoms with E-state index in [0.29, 0.717) is 22.8 Å². The zero-order chi connectivity index (χ0) is 18.7. The van der Waals surface area contributed by atoms with E-state index in [1.807, 2.05) is 0 Å². The smallest absolute Gasteiger partial charge is 0.258 e. The van der Waals surface area contributed by atoms with E-state index in [9.17, 15) is 14.4 Å². The third-order valence-corrected chi connectivity index (χ3v) is 4.01. The molecule has 0 aliphatic carbocycles. The summed E-state index contributed by atoms with van der Waals surface area (Å²) in [6.07, 6.45) is 2.93. The molecule has 0 spiro atoms. The average molecular weight is 371 g/mol. The van der Waals surface area contributed by atoms with Crippen LogP contribution in [0.2, 0.25) is 5.02 Å². The van der Waals surface area contributed by atoms with Gasteiger partial charge in [-0.3, -0.25) is 19.3 Å². The van der Waals surface area contributed by atoms with Gasteiger partial charge in [0.1, 0.15) is 5.82 Å². The van der Waals surface area contributed by atoms with E-state index in [1.54, 1.807) is 42.6 Å². The van der Waals surface area contributed by atoms with Crippen LogP contribution in [0.25, 0.3) is 0 Å². The molecule has 2 N–H and O–H groups in total. The first kappa shape index (κ1) is 17.6. The highest BCUT2D eigenvalue weighted by Crippen LogP contribution is 2.24. The van der Waals surface area contributed by atoms with Crippen molar-refractivity contribution in [2.45, 2.75) is 6.92 Å². The second kappa shape index (κ2) is 7.37. The summed E-state index contributed by atoms with van der Waals surface area (Å²) in [7, 11) is 0. The van der Waals surface area contributed by atoms with Crippen LogP contribution in [-0.2, 0) is 9.59 Å². The highest BCUT2D eigenvalue weighted by Gasteiger charge is 2.24. The van der Waals surface area contributed by atoms with Crippen molar-refractivity contribution in [2.75, 3.05) is 17.2 Å². The van der Waals surface area contributed by atoms with Crippen molar-refractivity contribution in [3.05, 3.63) is 65.0 Å². The Bertz CT molecular complexity index is 912. The summed E-state index contributed by atoms with van der Waals surface area (Å²) >= 11 is 6.21. The number of aromatic nitrogens is 1. The van der Waals surface area contributed by atoms with Crippen molar-refractivity contribution in [2.24, 2.45) is 0 Å². The molecule has 0 fully saturated rings. The molecule has 8 heteroatoms. The van der Waals surface area contributed by atoms with Crippen LogP contribution in [0.1, 0.15) is 17.3 Å². The predicted molar refractivity (Wildman–Crippen MR) is 97.7 cm³/mol. The first-order valence-corrected chi connectivity index (χ1v) is 8.13. The monoisotopic (exact) mass is 370 g/mol. The van der Waals surface area contributed by atoms with Crippen LogP contribution >= 0.6 is 11.6 Å². The van der Waals surface area contributed by atoms with Gasteiger partial charge in [0.05, 0.1) is 17.1 Å². The number of anilines is 2. The van der Waals surface area contributed by atoms with Gasteiger partial charge in [0.2, 0.25) is 5.91 Å². The fourth-order valence-corrected chi connectivity index (χ4v) is 2.71. The number of imide groups is 1. The summed E-state index contributed by atoms with van der Waals surface area (Å²) in [6, 6.07) is 10.0. The highest BCUT2D eigenvalue weighted by atomic mass is 35.5. The quantitative estimate of drug-likeness (QED) is 0.863. The Kier molecular flexibility index (Phi) is 4.99. The molecule has 2 aromatic rings. The van der Waals surface area contributed by atoms with Crippen molar-refractivity contribution in [3.63, 3.8) is 0 Å². The van der Waals surface area contributed by atoms with Gasteiger partial charge in [-0.2, -0.15) is 0 Å². The molecule has 3 rings (SSSR count). The number of amides is 3. The standard InChI is InChI=1S/C18H15ClN4O3/c1-11(24)23-10-13(9-17(23)25)21-12-5-6-14(15(19)8-12)18(26)22-16-4-2-3-7-20-16/h2-9,21H,10H2,1H3,(H,20,22,26). The Balaban J connectivity index is 1.70. The minimum absolute atomic E-state index is 0.174. The number of nitrogens with one attached hydrogen (secondary N) is 2. The average Bonchev–Trinajstić information content (AvgIpc) is 2.96. The number of hydrogen-bond acceptors (Lipinski definition) is 5. The van der Waals surface area contributed by atoms with Gasteiger partial charge >= 0.3 is 0 Å². The molecule has 0 radical (unpaired) electrons. The van der Waals surface area contributed by atoms with Crippen LogP contribution < -0.4 is 10.6 Å². The zero-order valence-corrected chi connectivity index (χ0v) is 14.6. The van der Waals surface area contributed by atoms with E-state index < -0.39 is 0 Å². The Morgan fingerprint density at radius 3 is 2.65 bits per heavy atom. The first-order chi connectivity index (χ1) is 12.4. The van der Waals surface area contributed by atoms with E-state index in [2.05, 4.69) is 15.6 Å². The van der Waals surface area contributed by atoms with Gasteiger partial charge in [-0.05, 0) is 30.3 Å². The molecule has 0 saturated carbocycles. The number of pyridine rings is 1. The van der Waals surface area contributed by atoms with Gasteiger partial charge in [0, 0.05) is 30.6 Å². The second-order valence-corrected chi connectivity index (χ2v) is 6.01. The van der Waals surface area contributed by atoms with Gasteiger partial charge in [0.15, 0.2) is 0 Å². The summed E-state index contributed by atoms with van der Waals surface area (Å²) in [6.45, 7) is 1.51. The summed E-state index contributed by atoms with van der Waals surface area (Å²) in [5.74, 6) is -0.631. The fraction of sp³-hybridized carbons (Fsp3) is 0.111. The lowest BCUT2D eigenvalue weighted by Crippen LogP contribution is -2.31. The summed E-state index contributed by atoms with van der Waals surface area (Å²) < 4.78 is 0. The SMILES string of the molecule is CC(=O)N1CC(Nc2ccc(C(=O)Nc3ccccn3)c(Cl)c2)=CC1=O. The Morgan fingerprint density at radius 2 is 2.04 bits per heavy atom. The Labute approximate surface area is 154 Å². The van der Waals surface area contributed by atoms with Crippen molar-refractivity contribution < 1.29 is 14.4 Å². The highest BCUT2D eigenvalue weighted by molar-refractivity contribution is 6.34. The molecular weight excluding hydrogens is 356 g/mol. The summed E-state index contributed by atoms with van der Waals surface area (Å²) in [5, 5.41) is 5.94. The van der Waals surface area contributed by atoms with Crippen LogP contribution in [0.4, 0.5) is 11.5 Å². The van der Waals surface area contributed by atoms with Crippen molar-refractivity contribution in [1.29, 1.82) is 0 Å². The summed E-state index contributed by atoms with van der Waals surface area (Å²) in [5.41, 5.74) is 1.48. The molecule has 7 nitrogen and oxygen atoms in total. The van der Waals surface area contributed by atoms with Crippen molar-refractivity contribution in [1.82, 2.24) is 9.88 Å². The zero-order valence-electron chi connectivity index (χ0n) is 13.8. The molecule has 1 aromatic heterocycles. The van der Waals surface area contributed by atoms with Gasteiger partial charge in [-0.25, -0.2) is 4.98 Å². The summed E-state index contributed by atoms with van der Waals surface area (Å²) in [4.78, 5) is 40.5. The number of hydrogen-bond donors (Lipinski definition) is 2. The lowest BCUT2D eigenvalue weighted by atomic mass is 10.2. The Hall–Kier alpha value is -3.19. The normalized spacial score (nSPS) is 13.4. The molecule has 1 aliphatic rings. The van der Waals surface area contributed by atoms with E-state index in [1.165, 1.54) is 13.0 Å². The van der Waals surface area contributed by atoms with Gasteiger partial charge < -0.3 is 10.6 Å². The number of nitrogens with zero attached hydrogens (tertiary/aromatic N) is 2. The minimum atomic E-state index is -0.377. The van der Waals surface area contributed by atoms with Crippen molar-refractivity contribution in [3.8, 4) is 0 Å². The molecule has 0 atom stereocenters. The number of rotatable bonds is 4. The van der Waals surface area contributed by atoms with Crippen LogP contribution in [0.5, 0.6) is 0 Å². The molecule has 3 amide bonds. The molecule has 0 bridgehead atoms. The number of halogens is 1. The molecule has 0 saturated heterocycles. The molecule has 1 aromatic carbocycles. The molecular formula is C18H15ClN4O3. The van der Waals surface area contributed by atoms with E-state index >= 15 is 0 Å². The topological polar surface area (TPSA) is 91.4 Å². The van der Waals surface area contributed by atoms with Crippen LogP contribution in [-0.4, -0.2) is 34.2 Å². The Morgan fingerprint density at radius 1 is 1.23 bits per heavy atom. The third-order valence-electron chi connectivity index (χ3n) is 3.70. The lowest BCUT2D eigenvalue weighted by molar-refractivity contribution is -0.138. The number of benzene rings is 1. The van der Waals surface area contributed by atoms with Crippen molar-refractivity contribution >= 4 is 40.8 Å². The van der Waals surface area contributed by atoms with E-state index in [-0.39, 0.29) is 29.3 Å². The molecule has 1 aliphatic heterocycles. The first-order valence-electron chi connectivity index (χ1n) is 7.75. The van der Waals surface area contributed by atoms with E-state index in [4.69, 9.17) is 11.6 Å². The number of carbonyl (C=O) groups excluding carboxylic acids is 3. The molecule has 0 unspecified atom stereocenters. The van der Waals surface area contributed by atoms with Crippen LogP contribution in [0.15, 0.2) is 54.4 Å². The number of carbonyl (C=O) groups is 3. The predicted octanol–water partition coefficient (Wildman–Crippen LogP) is 2.67. The third kappa shape index (κ3) is 3.89. The lowest BCUT2D eigenvalue weighted by Gasteiger charge is -2.13. The molecule has 2 heterocycles. The fourth-order valence-electron chi connectivity index (χ4n) is 2.45. The van der Waals surface area contributed by atoms with Gasteiger partial charge in [-0.15, -0.1) is 0 Å². The maximum Gasteiger partial charge on any atom is 0.258 e. The van der Waals surface area contributed by atoms with E-state index in [0.717, 1.165) is 4.90 Å². The molecule has 26 heavy (non-hydrogen) atoms. The van der Waals surface area contributed by atoms with Gasteiger partial charge in [-0.1, -0.05) is 17.7 Å². The maximum absolute atomic E-state index is 12.3. The van der Waals surface area contributed by atoms with Crippen LogP contribution in [0.3, 0.4) is 0 Å². The van der Waals surface area contributed by atoms with Gasteiger partial charge in [0.25, 0.3) is 11.8 Å². The largest absolute Gasteiger partial charge is 0.357 e. The van der Waals surface area contributed by atoms with Crippen LogP contribution in [0, 0.1) is 0 Å². The minimum Gasteiger partial charge on any atom is -0.357 e. The molecule has 132 valence electrons. The second-order valence-electron chi connectivity index (χ2n) is 5.60. The maximum atomic E-state index is 12.3.